The fraction of sp³-hybridized carbons (Fsp3) is 0.520. The second-order valence-electron chi connectivity index (χ2n) is 8.11. The molecular formula is C25H31F3O. The molecule has 0 bridgehead atoms. The second-order valence-corrected chi connectivity index (χ2v) is 8.11. The molecule has 0 N–H and O–H groups in total. The predicted octanol–water partition coefficient (Wildman–Crippen LogP) is 7.77. The van der Waals surface area contributed by atoms with Gasteiger partial charge in [0.25, 0.3) is 0 Å². The molecule has 0 saturated carbocycles. The Morgan fingerprint density at radius 3 is 2.34 bits per heavy atom. The minimum atomic E-state index is -1.00. The first-order valence-corrected chi connectivity index (χ1v) is 10.9. The molecule has 4 heteroatoms. The predicted molar refractivity (Wildman–Crippen MR) is 111 cm³/mol. The van der Waals surface area contributed by atoms with E-state index in [9.17, 15) is 13.2 Å². The molecule has 1 fully saturated rings. The number of rotatable bonds is 8. The third-order valence-corrected chi connectivity index (χ3v) is 6.03. The third-order valence-electron chi connectivity index (χ3n) is 6.03. The highest BCUT2D eigenvalue weighted by Gasteiger charge is 2.27. The second kappa shape index (κ2) is 10.3. The first-order valence-electron chi connectivity index (χ1n) is 10.9. The summed E-state index contributed by atoms with van der Waals surface area (Å²) in [7, 11) is 0. The van der Waals surface area contributed by atoms with Crippen molar-refractivity contribution in [2.45, 2.75) is 71.3 Å². The van der Waals surface area contributed by atoms with Crippen LogP contribution in [0.1, 0.15) is 76.0 Å². The van der Waals surface area contributed by atoms with Crippen molar-refractivity contribution in [1.29, 1.82) is 0 Å². The fourth-order valence-electron chi connectivity index (χ4n) is 4.16. The lowest BCUT2D eigenvalue weighted by atomic mass is 9.90. The van der Waals surface area contributed by atoms with Gasteiger partial charge in [-0.1, -0.05) is 63.8 Å². The zero-order valence-corrected chi connectivity index (χ0v) is 17.4. The van der Waals surface area contributed by atoms with Gasteiger partial charge in [-0.3, -0.25) is 0 Å². The monoisotopic (exact) mass is 404 g/mol. The number of ether oxygens (including phenoxy) is 1. The van der Waals surface area contributed by atoms with Crippen molar-refractivity contribution in [1.82, 2.24) is 0 Å². The van der Waals surface area contributed by atoms with Gasteiger partial charge in [0.15, 0.2) is 11.6 Å². The minimum absolute atomic E-state index is 0.0454. The maximum absolute atomic E-state index is 14.8. The maximum Gasteiger partial charge on any atom is 0.167 e. The molecular weight excluding hydrogens is 373 g/mol. The summed E-state index contributed by atoms with van der Waals surface area (Å²) >= 11 is 0. The standard InChI is InChI=1S/C25H31F3O/c1-3-5-6-7-8-18-10-14-23(29-16-18)21-13-12-20(24(27)25(21)28)19-11-9-17(4-2)15-22(19)26/h9,11-13,15,18,23H,3-8,10,14,16H2,1-2H3. The summed E-state index contributed by atoms with van der Waals surface area (Å²) in [5.74, 6) is -1.96. The van der Waals surface area contributed by atoms with E-state index in [1.165, 1.54) is 43.9 Å². The molecule has 2 unspecified atom stereocenters. The SMILES string of the molecule is CCCCCCC1CCC(c2ccc(-c3ccc(CC)cc3F)c(F)c2F)OC1. The van der Waals surface area contributed by atoms with Gasteiger partial charge in [-0.05, 0) is 43.2 Å². The molecule has 0 amide bonds. The lowest BCUT2D eigenvalue weighted by molar-refractivity contribution is -0.0218. The molecule has 3 rings (SSSR count). The highest BCUT2D eigenvalue weighted by atomic mass is 19.2. The van der Waals surface area contributed by atoms with Crippen molar-refractivity contribution in [3.8, 4) is 11.1 Å². The van der Waals surface area contributed by atoms with E-state index in [0.29, 0.717) is 25.4 Å². The Morgan fingerprint density at radius 1 is 0.897 bits per heavy atom. The largest absolute Gasteiger partial charge is 0.373 e. The van der Waals surface area contributed by atoms with E-state index >= 15 is 0 Å². The molecule has 0 radical (unpaired) electrons. The summed E-state index contributed by atoms with van der Waals surface area (Å²) in [6, 6.07) is 7.66. The Kier molecular flexibility index (Phi) is 7.77. The zero-order chi connectivity index (χ0) is 20.8. The number of hydrogen-bond donors (Lipinski definition) is 0. The van der Waals surface area contributed by atoms with Crippen molar-refractivity contribution in [3.05, 3.63) is 58.9 Å². The Bertz CT molecular complexity index is 810. The topological polar surface area (TPSA) is 9.23 Å². The number of aryl methyl sites for hydroxylation is 1. The number of benzene rings is 2. The molecule has 0 aromatic heterocycles. The Labute approximate surface area is 172 Å². The van der Waals surface area contributed by atoms with Crippen LogP contribution in [-0.4, -0.2) is 6.61 Å². The molecule has 0 spiro atoms. The molecule has 2 aromatic rings. The van der Waals surface area contributed by atoms with Crippen molar-refractivity contribution >= 4 is 0 Å². The molecule has 1 heterocycles. The smallest absolute Gasteiger partial charge is 0.167 e. The summed E-state index contributed by atoms with van der Waals surface area (Å²) in [6.45, 7) is 4.71. The van der Waals surface area contributed by atoms with E-state index in [-0.39, 0.29) is 16.7 Å². The number of hydrogen-bond acceptors (Lipinski definition) is 1. The van der Waals surface area contributed by atoms with Crippen LogP contribution in [0.2, 0.25) is 0 Å². The van der Waals surface area contributed by atoms with Gasteiger partial charge in [0.05, 0.1) is 12.7 Å². The van der Waals surface area contributed by atoms with Gasteiger partial charge in [-0.2, -0.15) is 0 Å². The van der Waals surface area contributed by atoms with Crippen LogP contribution in [0, 0.1) is 23.4 Å². The van der Waals surface area contributed by atoms with Crippen LogP contribution in [0.5, 0.6) is 0 Å². The highest BCUT2D eigenvalue weighted by Crippen LogP contribution is 2.37. The van der Waals surface area contributed by atoms with Gasteiger partial charge in [-0.25, -0.2) is 13.2 Å². The fourth-order valence-corrected chi connectivity index (χ4v) is 4.16. The van der Waals surface area contributed by atoms with Gasteiger partial charge in [0.2, 0.25) is 0 Å². The zero-order valence-electron chi connectivity index (χ0n) is 17.4. The van der Waals surface area contributed by atoms with E-state index < -0.39 is 23.6 Å². The lowest BCUT2D eigenvalue weighted by Crippen LogP contribution is -2.21. The molecule has 1 saturated heterocycles. The van der Waals surface area contributed by atoms with Crippen LogP contribution in [0.25, 0.3) is 11.1 Å². The Morgan fingerprint density at radius 2 is 1.69 bits per heavy atom. The lowest BCUT2D eigenvalue weighted by Gasteiger charge is -2.30. The van der Waals surface area contributed by atoms with Gasteiger partial charge < -0.3 is 4.74 Å². The molecule has 2 aromatic carbocycles. The van der Waals surface area contributed by atoms with Gasteiger partial charge in [-0.15, -0.1) is 0 Å². The number of halogens is 3. The molecule has 0 aliphatic carbocycles. The molecule has 1 aliphatic heterocycles. The quantitative estimate of drug-likeness (QED) is 0.408. The minimum Gasteiger partial charge on any atom is -0.373 e. The average Bonchev–Trinajstić information content (AvgIpc) is 2.74. The van der Waals surface area contributed by atoms with Crippen LogP contribution in [0.3, 0.4) is 0 Å². The average molecular weight is 405 g/mol. The van der Waals surface area contributed by atoms with Crippen molar-refractivity contribution in [2.75, 3.05) is 6.61 Å². The normalized spacial score (nSPS) is 19.5. The van der Waals surface area contributed by atoms with Gasteiger partial charge in [0.1, 0.15) is 5.82 Å². The van der Waals surface area contributed by atoms with Crippen LogP contribution in [0.4, 0.5) is 13.2 Å². The van der Waals surface area contributed by atoms with Crippen molar-refractivity contribution < 1.29 is 17.9 Å². The first-order chi connectivity index (χ1) is 14.0. The Hall–Kier alpha value is -1.81. The number of unbranched alkanes of at least 4 members (excludes halogenated alkanes) is 3. The van der Waals surface area contributed by atoms with Crippen LogP contribution < -0.4 is 0 Å². The van der Waals surface area contributed by atoms with E-state index in [4.69, 9.17) is 4.74 Å². The maximum atomic E-state index is 14.8. The summed E-state index contributed by atoms with van der Waals surface area (Å²) in [4.78, 5) is 0. The molecule has 29 heavy (non-hydrogen) atoms. The van der Waals surface area contributed by atoms with Crippen LogP contribution in [-0.2, 0) is 11.2 Å². The van der Waals surface area contributed by atoms with Crippen LogP contribution in [0.15, 0.2) is 30.3 Å². The molecule has 1 aliphatic rings. The summed E-state index contributed by atoms with van der Waals surface area (Å²) in [5, 5.41) is 0. The van der Waals surface area contributed by atoms with E-state index in [2.05, 4.69) is 6.92 Å². The highest BCUT2D eigenvalue weighted by molar-refractivity contribution is 5.66. The summed E-state index contributed by atoms with van der Waals surface area (Å²) < 4.78 is 49.9. The van der Waals surface area contributed by atoms with E-state index in [0.717, 1.165) is 18.4 Å². The first kappa shape index (κ1) is 21.9. The summed E-state index contributed by atoms with van der Waals surface area (Å²) in [6.07, 6.45) is 7.96. The molecule has 1 nitrogen and oxygen atoms in total. The molecule has 158 valence electrons. The Balaban J connectivity index is 1.69. The third kappa shape index (κ3) is 5.22. The molecule has 2 atom stereocenters. The van der Waals surface area contributed by atoms with Gasteiger partial charge in [0, 0.05) is 16.7 Å². The van der Waals surface area contributed by atoms with E-state index in [1.54, 1.807) is 12.1 Å². The van der Waals surface area contributed by atoms with Crippen LogP contribution >= 0.6 is 0 Å². The summed E-state index contributed by atoms with van der Waals surface area (Å²) in [5.41, 5.74) is 1.10. The van der Waals surface area contributed by atoms with Crippen molar-refractivity contribution in [3.63, 3.8) is 0 Å². The van der Waals surface area contributed by atoms with Gasteiger partial charge >= 0.3 is 0 Å². The van der Waals surface area contributed by atoms with E-state index in [1.807, 2.05) is 6.92 Å². The van der Waals surface area contributed by atoms with Crippen molar-refractivity contribution in [2.24, 2.45) is 5.92 Å².